The van der Waals surface area contributed by atoms with Gasteiger partial charge in [-0.2, -0.15) is 0 Å². The van der Waals surface area contributed by atoms with Gasteiger partial charge in [-0.15, -0.1) is 0 Å². The third kappa shape index (κ3) is 4.63. The van der Waals surface area contributed by atoms with Crippen LogP contribution in [0.25, 0.3) is 0 Å². The van der Waals surface area contributed by atoms with Crippen LogP contribution in [0.1, 0.15) is 55.1 Å². The van der Waals surface area contributed by atoms with Crippen molar-refractivity contribution in [3.05, 3.63) is 58.3 Å². The molecule has 1 aromatic carbocycles. The second-order valence-electron chi connectivity index (χ2n) is 7.04. The molecule has 0 fully saturated rings. The lowest BCUT2D eigenvalue weighted by Crippen LogP contribution is -2.09. The number of benzene rings is 1. The second-order valence-corrected chi connectivity index (χ2v) is 7.04. The summed E-state index contributed by atoms with van der Waals surface area (Å²) in [6, 6.07) is 10.3. The average molecular weight is 353 g/mol. The molecule has 0 aliphatic heterocycles. The molecule has 0 spiro atoms. The van der Waals surface area contributed by atoms with E-state index in [0.29, 0.717) is 13.0 Å². The van der Waals surface area contributed by atoms with Crippen molar-refractivity contribution in [2.45, 2.75) is 59.0 Å². The normalized spacial score (nSPS) is 12.9. The van der Waals surface area contributed by atoms with Crippen LogP contribution in [0.2, 0.25) is 0 Å². The van der Waals surface area contributed by atoms with Gasteiger partial charge in [0.15, 0.2) is 0 Å². The van der Waals surface area contributed by atoms with E-state index in [1.165, 1.54) is 28.8 Å². The van der Waals surface area contributed by atoms with Gasteiger partial charge in [0.25, 0.3) is 0 Å². The SMILES string of the molecule is CCOC(=O)Cc1ccc(Cc2cc(OC(C)C)nc3c2CCC3)cc1. The number of aryl methyl sites for hydroxylation is 1. The summed E-state index contributed by atoms with van der Waals surface area (Å²) >= 11 is 0. The number of nitrogens with zero attached hydrogens (tertiary/aromatic N) is 1. The Bertz CT molecular complexity index is 766. The fraction of sp³-hybridized carbons (Fsp3) is 0.455. The molecule has 2 aromatic rings. The molecule has 1 aromatic heterocycles. The van der Waals surface area contributed by atoms with Crippen molar-refractivity contribution in [1.82, 2.24) is 4.98 Å². The van der Waals surface area contributed by atoms with Gasteiger partial charge in [0.05, 0.1) is 19.1 Å². The Kier molecular flexibility index (Phi) is 5.92. The monoisotopic (exact) mass is 353 g/mol. The highest BCUT2D eigenvalue weighted by Gasteiger charge is 2.19. The molecule has 0 amide bonds. The van der Waals surface area contributed by atoms with E-state index < -0.39 is 0 Å². The van der Waals surface area contributed by atoms with Gasteiger partial charge in [-0.05, 0) is 68.7 Å². The molecule has 0 unspecified atom stereocenters. The topological polar surface area (TPSA) is 48.4 Å². The van der Waals surface area contributed by atoms with E-state index in [9.17, 15) is 4.79 Å². The molecule has 4 heteroatoms. The van der Waals surface area contributed by atoms with Crippen LogP contribution in [-0.4, -0.2) is 23.7 Å². The highest BCUT2D eigenvalue weighted by atomic mass is 16.5. The Morgan fingerprint density at radius 1 is 1.15 bits per heavy atom. The summed E-state index contributed by atoms with van der Waals surface area (Å²) in [4.78, 5) is 16.3. The molecular formula is C22H27NO3. The summed E-state index contributed by atoms with van der Waals surface area (Å²) in [6.07, 6.45) is 4.61. The lowest BCUT2D eigenvalue weighted by atomic mass is 9.98. The summed E-state index contributed by atoms with van der Waals surface area (Å²) in [6.45, 7) is 6.30. The Labute approximate surface area is 155 Å². The van der Waals surface area contributed by atoms with E-state index in [4.69, 9.17) is 9.47 Å². The summed E-state index contributed by atoms with van der Waals surface area (Å²) in [5.74, 6) is 0.553. The lowest BCUT2D eigenvalue weighted by Gasteiger charge is -2.14. The number of pyridine rings is 1. The fourth-order valence-electron chi connectivity index (χ4n) is 3.43. The van der Waals surface area contributed by atoms with E-state index in [1.807, 2.05) is 32.9 Å². The van der Waals surface area contributed by atoms with Crippen LogP contribution in [0.3, 0.4) is 0 Å². The molecule has 0 saturated carbocycles. The van der Waals surface area contributed by atoms with Crippen LogP contribution in [0, 0.1) is 0 Å². The predicted octanol–water partition coefficient (Wildman–Crippen LogP) is 4.05. The highest BCUT2D eigenvalue weighted by molar-refractivity contribution is 5.72. The largest absolute Gasteiger partial charge is 0.475 e. The first-order valence-electron chi connectivity index (χ1n) is 9.47. The summed E-state index contributed by atoms with van der Waals surface area (Å²) in [5, 5.41) is 0. The van der Waals surface area contributed by atoms with Crippen LogP contribution >= 0.6 is 0 Å². The van der Waals surface area contributed by atoms with Crippen molar-refractivity contribution in [3.63, 3.8) is 0 Å². The van der Waals surface area contributed by atoms with Gasteiger partial charge in [-0.1, -0.05) is 24.3 Å². The zero-order chi connectivity index (χ0) is 18.5. The molecule has 4 nitrogen and oxygen atoms in total. The predicted molar refractivity (Wildman–Crippen MR) is 102 cm³/mol. The number of fused-ring (bicyclic) bond motifs is 1. The molecule has 1 aliphatic rings. The smallest absolute Gasteiger partial charge is 0.310 e. The van der Waals surface area contributed by atoms with Gasteiger partial charge in [-0.25, -0.2) is 4.98 Å². The van der Waals surface area contributed by atoms with Crippen molar-refractivity contribution in [1.29, 1.82) is 0 Å². The molecular weight excluding hydrogens is 326 g/mol. The minimum absolute atomic E-state index is 0.122. The molecule has 0 bridgehead atoms. The van der Waals surface area contributed by atoms with Crippen LogP contribution in [0.4, 0.5) is 0 Å². The van der Waals surface area contributed by atoms with Gasteiger partial charge >= 0.3 is 5.97 Å². The van der Waals surface area contributed by atoms with Crippen LogP contribution in [0.5, 0.6) is 5.88 Å². The van der Waals surface area contributed by atoms with E-state index in [2.05, 4.69) is 23.2 Å². The first-order chi connectivity index (χ1) is 12.5. The number of carbonyl (C=O) groups excluding carboxylic acids is 1. The third-order valence-corrected chi connectivity index (χ3v) is 4.55. The quantitative estimate of drug-likeness (QED) is 0.705. The number of hydrogen-bond acceptors (Lipinski definition) is 4. The molecule has 0 N–H and O–H groups in total. The lowest BCUT2D eigenvalue weighted by molar-refractivity contribution is -0.142. The number of carbonyl (C=O) groups is 1. The molecule has 0 saturated heterocycles. The van der Waals surface area contributed by atoms with Gasteiger partial charge in [-0.3, -0.25) is 4.79 Å². The van der Waals surface area contributed by atoms with Gasteiger partial charge in [0.2, 0.25) is 5.88 Å². The molecule has 0 radical (unpaired) electrons. The van der Waals surface area contributed by atoms with Crippen molar-refractivity contribution >= 4 is 5.97 Å². The van der Waals surface area contributed by atoms with Gasteiger partial charge in [0, 0.05) is 11.8 Å². The summed E-state index contributed by atoms with van der Waals surface area (Å²) in [7, 11) is 0. The zero-order valence-electron chi connectivity index (χ0n) is 15.9. The van der Waals surface area contributed by atoms with Crippen molar-refractivity contribution in [3.8, 4) is 5.88 Å². The number of ether oxygens (including phenoxy) is 2. The Morgan fingerprint density at radius 3 is 2.58 bits per heavy atom. The maximum atomic E-state index is 11.6. The summed E-state index contributed by atoms with van der Waals surface area (Å²) < 4.78 is 10.8. The molecule has 1 heterocycles. The minimum atomic E-state index is -0.178. The number of aromatic nitrogens is 1. The van der Waals surface area contributed by atoms with Crippen molar-refractivity contribution in [2.24, 2.45) is 0 Å². The first-order valence-corrected chi connectivity index (χ1v) is 9.47. The van der Waals surface area contributed by atoms with E-state index in [0.717, 1.165) is 30.7 Å². The standard InChI is InChI=1S/C22H27NO3/c1-4-25-22(24)13-17-10-8-16(9-11-17)12-18-14-21(26-15(2)3)23-20-7-5-6-19(18)20/h8-11,14-15H,4-7,12-13H2,1-3H3. The maximum Gasteiger partial charge on any atom is 0.310 e. The number of hydrogen-bond donors (Lipinski definition) is 0. The van der Waals surface area contributed by atoms with E-state index >= 15 is 0 Å². The molecule has 3 rings (SSSR count). The van der Waals surface area contributed by atoms with Crippen molar-refractivity contribution < 1.29 is 14.3 Å². The average Bonchev–Trinajstić information content (AvgIpc) is 3.05. The highest BCUT2D eigenvalue weighted by Crippen LogP contribution is 2.29. The Hall–Kier alpha value is -2.36. The third-order valence-electron chi connectivity index (χ3n) is 4.55. The fourth-order valence-corrected chi connectivity index (χ4v) is 3.43. The van der Waals surface area contributed by atoms with Crippen LogP contribution < -0.4 is 4.74 Å². The first kappa shape index (κ1) is 18.4. The summed E-state index contributed by atoms with van der Waals surface area (Å²) in [5.41, 5.74) is 6.10. The van der Waals surface area contributed by atoms with E-state index in [-0.39, 0.29) is 12.1 Å². The minimum Gasteiger partial charge on any atom is -0.475 e. The van der Waals surface area contributed by atoms with Crippen LogP contribution in [-0.2, 0) is 35.2 Å². The number of esters is 1. The zero-order valence-corrected chi connectivity index (χ0v) is 15.9. The molecule has 26 heavy (non-hydrogen) atoms. The van der Waals surface area contributed by atoms with E-state index in [1.54, 1.807) is 0 Å². The molecule has 0 atom stereocenters. The second kappa shape index (κ2) is 8.35. The van der Waals surface area contributed by atoms with Crippen LogP contribution in [0.15, 0.2) is 30.3 Å². The van der Waals surface area contributed by atoms with Crippen molar-refractivity contribution in [2.75, 3.05) is 6.61 Å². The number of rotatable bonds is 7. The molecule has 1 aliphatic carbocycles. The molecule has 138 valence electrons. The maximum absolute atomic E-state index is 11.6. The van der Waals surface area contributed by atoms with Gasteiger partial charge < -0.3 is 9.47 Å². The Morgan fingerprint density at radius 2 is 1.88 bits per heavy atom. The van der Waals surface area contributed by atoms with Gasteiger partial charge in [0.1, 0.15) is 0 Å². The Balaban J connectivity index is 1.76.